The van der Waals surface area contributed by atoms with Gasteiger partial charge in [-0.25, -0.2) is 8.42 Å². The Balaban J connectivity index is 1.67. The van der Waals surface area contributed by atoms with Crippen molar-refractivity contribution in [1.82, 2.24) is 14.5 Å². The summed E-state index contributed by atoms with van der Waals surface area (Å²) < 4.78 is 29.7. The van der Waals surface area contributed by atoms with Crippen molar-refractivity contribution in [2.24, 2.45) is 0 Å². The summed E-state index contributed by atoms with van der Waals surface area (Å²) in [4.78, 5) is 2.28. The highest BCUT2D eigenvalue weighted by Gasteiger charge is 2.22. The van der Waals surface area contributed by atoms with Gasteiger partial charge in [-0.15, -0.1) is 0 Å². The lowest BCUT2D eigenvalue weighted by Gasteiger charge is -2.33. The van der Waals surface area contributed by atoms with Crippen LogP contribution in [-0.2, 0) is 10.0 Å². The Morgan fingerprint density at radius 3 is 2.60 bits per heavy atom. The molecular formula is C13H23N3O3S. The monoisotopic (exact) mass is 301 g/mol. The van der Waals surface area contributed by atoms with Crippen LogP contribution in [0.3, 0.4) is 0 Å². The number of hydrogen-bond donors (Lipinski definition) is 1. The lowest BCUT2D eigenvalue weighted by Crippen LogP contribution is -2.49. The van der Waals surface area contributed by atoms with Crippen LogP contribution in [0.15, 0.2) is 22.8 Å². The first kappa shape index (κ1) is 15.5. The normalized spacial score (nSPS) is 20.1. The number of sulfonamides is 1. The first-order chi connectivity index (χ1) is 9.47. The predicted octanol–water partition coefficient (Wildman–Crippen LogP) is 0.507. The van der Waals surface area contributed by atoms with E-state index in [2.05, 4.69) is 17.1 Å². The Hall–Kier alpha value is -0.890. The first-order valence-corrected chi connectivity index (χ1v) is 8.76. The molecule has 1 saturated heterocycles. The Morgan fingerprint density at radius 1 is 1.35 bits per heavy atom. The third-order valence-electron chi connectivity index (χ3n) is 3.65. The summed E-state index contributed by atoms with van der Waals surface area (Å²) in [6, 6.07) is 4.04. The molecule has 0 radical (unpaired) electrons. The van der Waals surface area contributed by atoms with Crippen LogP contribution in [0.2, 0.25) is 0 Å². The van der Waals surface area contributed by atoms with E-state index in [4.69, 9.17) is 4.42 Å². The number of nitrogens with zero attached hydrogens (tertiary/aromatic N) is 2. The van der Waals surface area contributed by atoms with Gasteiger partial charge in [0.05, 0.1) is 18.6 Å². The summed E-state index contributed by atoms with van der Waals surface area (Å²) in [5.41, 5.74) is 0. The van der Waals surface area contributed by atoms with E-state index in [-0.39, 0.29) is 6.04 Å². The molecule has 7 heteroatoms. The molecule has 2 rings (SSSR count). The maximum Gasteiger partial charge on any atom is 0.211 e. The van der Waals surface area contributed by atoms with E-state index in [9.17, 15) is 8.42 Å². The summed E-state index contributed by atoms with van der Waals surface area (Å²) in [6.07, 6.45) is 2.95. The van der Waals surface area contributed by atoms with Crippen molar-refractivity contribution in [3.63, 3.8) is 0 Å². The minimum Gasteiger partial charge on any atom is -0.468 e. The van der Waals surface area contributed by atoms with Crippen LogP contribution in [0.4, 0.5) is 0 Å². The molecular weight excluding hydrogens is 278 g/mol. The summed E-state index contributed by atoms with van der Waals surface area (Å²) in [5, 5.41) is 3.41. The highest BCUT2D eigenvalue weighted by Crippen LogP contribution is 2.11. The molecule has 1 N–H and O–H groups in total. The van der Waals surface area contributed by atoms with Crippen molar-refractivity contribution in [3.05, 3.63) is 24.2 Å². The quantitative estimate of drug-likeness (QED) is 0.829. The van der Waals surface area contributed by atoms with Crippen molar-refractivity contribution in [2.75, 3.05) is 45.5 Å². The van der Waals surface area contributed by atoms with E-state index in [1.165, 1.54) is 6.26 Å². The molecule has 1 aromatic rings. The third-order valence-corrected chi connectivity index (χ3v) is 4.95. The molecule has 0 aromatic carbocycles. The number of nitrogens with one attached hydrogen (secondary N) is 1. The molecule has 6 nitrogen and oxygen atoms in total. The van der Waals surface area contributed by atoms with Crippen molar-refractivity contribution in [1.29, 1.82) is 0 Å². The summed E-state index contributed by atoms with van der Waals surface area (Å²) in [7, 11) is -3.03. The van der Waals surface area contributed by atoms with Gasteiger partial charge in [0.2, 0.25) is 10.0 Å². The number of furan rings is 1. The Labute approximate surface area is 120 Å². The van der Waals surface area contributed by atoms with E-state index >= 15 is 0 Å². The van der Waals surface area contributed by atoms with Gasteiger partial charge in [-0.1, -0.05) is 0 Å². The van der Waals surface area contributed by atoms with Gasteiger partial charge in [-0.05, 0) is 19.1 Å². The molecule has 1 aliphatic rings. The van der Waals surface area contributed by atoms with Gasteiger partial charge in [-0.3, -0.25) is 4.90 Å². The second kappa shape index (κ2) is 6.71. The molecule has 0 bridgehead atoms. The molecule has 1 aromatic heterocycles. The molecule has 0 amide bonds. The lowest BCUT2D eigenvalue weighted by atomic mass is 10.2. The van der Waals surface area contributed by atoms with Crippen LogP contribution in [-0.4, -0.2) is 63.1 Å². The fraction of sp³-hybridized carbons (Fsp3) is 0.692. The minimum absolute atomic E-state index is 0.197. The topological polar surface area (TPSA) is 65.8 Å². The Morgan fingerprint density at radius 2 is 2.05 bits per heavy atom. The van der Waals surface area contributed by atoms with Crippen molar-refractivity contribution >= 4 is 10.0 Å². The molecule has 1 atom stereocenters. The number of rotatable bonds is 6. The van der Waals surface area contributed by atoms with E-state index in [1.807, 2.05) is 12.1 Å². The van der Waals surface area contributed by atoms with Crippen LogP contribution in [0.1, 0.15) is 18.7 Å². The summed E-state index contributed by atoms with van der Waals surface area (Å²) in [5.74, 6) is 0.937. The molecule has 1 unspecified atom stereocenters. The average molecular weight is 301 g/mol. The van der Waals surface area contributed by atoms with Gasteiger partial charge >= 0.3 is 0 Å². The molecule has 0 spiro atoms. The summed E-state index contributed by atoms with van der Waals surface area (Å²) >= 11 is 0. The largest absolute Gasteiger partial charge is 0.468 e. The van der Waals surface area contributed by atoms with Gasteiger partial charge in [0, 0.05) is 39.3 Å². The highest BCUT2D eigenvalue weighted by atomic mass is 32.2. The SMILES string of the molecule is CC(NCCN1CCN(S(C)(=O)=O)CC1)c1ccco1. The van der Waals surface area contributed by atoms with Crippen LogP contribution in [0, 0.1) is 0 Å². The second-order valence-corrected chi connectivity index (χ2v) is 7.18. The fourth-order valence-corrected chi connectivity index (χ4v) is 3.19. The van der Waals surface area contributed by atoms with Crippen LogP contribution < -0.4 is 5.32 Å². The van der Waals surface area contributed by atoms with Crippen LogP contribution in [0.5, 0.6) is 0 Å². The maximum atomic E-state index is 11.4. The molecule has 2 heterocycles. The Kier molecular flexibility index (Phi) is 5.20. The molecule has 114 valence electrons. The van der Waals surface area contributed by atoms with E-state index in [1.54, 1.807) is 10.6 Å². The first-order valence-electron chi connectivity index (χ1n) is 6.91. The maximum absolute atomic E-state index is 11.4. The van der Waals surface area contributed by atoms with Crippen LogP contribution >= 0.6 is 0 Å². The second-order valence-electron chi connectivity index (χ2n) is 5.19. The third kappa shape index (κ3) is 4.31. The minimum atomic E-state index is -3.03. The van der Waals surface area contributed by atoms with Gasteiger partial charge in [-0.2, -0.15) is 4.31 Å². The van der Waals surface area contributed by atoms with Gasteiger partial charge in [0.15, 0.2) is 0 Å². The Bertz CT molecular complexity index is 493. The molecule has 0 aliphatic carbocycles. The van der Waals surface area contributed by atoms with Gasteiger partial charge in [0.25, 0.3) is 0 Å². The highest BCUT2D eigenvalue weighted by molar-refractivity contribution is 7.88. The predicted molar refractivity (Wildman–Crippen MR) is 78.0 cm³/mol. The molecule has 1 fully saturated rings. The standard InChI is InChI=1S/C13H23N3O3S/c1-12(13-4-3-11-19-13)14-5-6-15-7-9-16(10-8-15)20(2,17)18/h3-4,11-12,14H,5-10H2,1-2H3. The molecule has 0 saturated carbocycles. The smallest absolute Gasteiger partial charge is 0.211 e. The number of piperazine rings is 1. The zero-order valence-corrected chi connectivity index (χ0v) is 12.9. The summed E-state index contributed by atoms with van der Waals surface area (Å²) in [6.45, 7) is 6.62. The zero-order chi connectivity index (χ0) is 14.6. The van der Waals surface area contributed by atoms with Gasteiger partial charge in [0.1, 0.15) is 5.76 Å². The van der Waals surface area contributed by atoms with E-state index in [0.29, 0.717) is 13.1 Å². The molecule has 1 aliphatic heterocycles. The van der Waals surface area contributed by atoms with Crippen LogP contribution in [0.25, 0.3) is 0 Å². The molecule has 20 heavy (non-hydrogen) atoms. The van der Waals surface area contributed by atoms with Gasteiger partial charge < -0.3 is 9.73 Å². The lowest BCUT2D eigenvalue weighted by molar-refractivity contribution is 0.187. The van der Waals surface area contributed by atoms with Crippen molar-refractivity contribution < 1.29 is 12.8 Å². The zero-order valence-electron chi connectivity index (χ0n) is 12.1. The fourth-order valence-electron chi connectivity index (χ4n) is 2.36. The van der Waals surface area contributed by atoms with E-state index < -0.39 is 10.0 Å². The van der Waals surface area contributed by atoms with Crippen molar-refractivity contribution in [3.8, 4) is 0 Å². The average Bonchev–Trinajstić information content (AvgIpc) is 2.92. The van der Waals surface area contributed by atoms with E-state index in [0.717, 1.165) is 31.9 Å². The van der Waals surface area contributed by atoms with Crippen molar-refractivity contribution in [2.45, 2.75) is 13.0 Å². The number of hydrogen-bond acceptors (Lipinski definition) is 5.